The third-order valence-electron chi connectivity index (χ3n) is 6.34. The highest BCUT2D eigenvalue weighted by atomic mass is 15.3. The molecule has 6 rings (SSSR count). The number of nitrogens with zero attached hydrogens (tertiary/aromatic N) is 7. The molecule has 7 nitrogen and oxygen atoms in total. The molecule has 0 unspecified atom stereocenters. The van der Waals surface area contributed by atoms with E-state index in [-0.39, 0.29) is 0 Å². The van der Waals surface area contributed by atoms with Gasteiger partial charge in [-0.1, -0.05) is 42.5 Å². The molecule has 0 amide bonds. The monoisotopic (exact) mass is 447 g/mol. The summed E-state index contributed by atoms with van der Waals surface area (Å²) in [5.74, 6) is 0.785. The first kappa shape index (κ1) is 20.4. The van der Waals surface area contributed by atoms with E-state index in [4.69, 9.17) is 0 Å². The first-order valence-electron chi connectivity index (χ1n) is 11.5. The summed E-state index contributed by atoms with van der Waals surface area (Å²) in [6.45, 7) is 1.67. The summed E-state index contributed by atoms with van der Waals surface area (Å²) in [6, 6.07) is 14.7. The maximum atomic E-state index is 4.64. The molecule has 0 fully saturated rings. The molecule has 0 spiro atoms. The Balaban J connectivity index is 1.17. The fraction of sp³-hybridized carbons (Fsp3) is 0.185. The van der Waals surface area contributed by atoms with E-state index in [1.807, 2.05) is 53.3 Å². The molecule has 1 aliphatic heterocycles. The maximum absolute atomic E-state index is 4.64. The van der Waals surface area contributed by atoms with Crippen LogP contribution in [0.1, 0.15) is 23.1 Å². The van der Waals surface area contributed by atoms with E-state index in [0.717, 1.165) is 54.1 Å². The number of fused-ring (bicyclic) bond motifs is 1. The smallest absolute Gasteiger partial charge is 0.225 e. The van der Waals surface area contributed by atoms with Crippen LogP contribution in [0.2, 0.25) is 0 Å². The highest BCUT2D eigenvalue weighted by Gasteiger charge is 2.18. The number of hydrogen-bond donors (Lipinski definition) is 0. The quantitative estimate of drug-likeness (QED) is 0.399. The average molecular weight is 448 g/mol. The van der Waals surface area contributed by atoms with Crippen LogP contribution in [0.25, 0.3) is 22.2 Å². The standard InChI is InChI=1S/C27H25N7/c1-32-18-24(16-30-32)23-7-8-26-25(17-31-34(26)19-23)22-9-11-33(12-10-22)27-28-14-21(15-29-27)13-20-5-3-2-4-6-20/h2-9,14-19H,10-13H2,1H3. The second-order valence-electron chi connectivity index (χ2n) is 8.69. The summed E-state index contributed by atoms with van der Waals surface area (Å²) < 4.78 is 3.77. The maximum Gasteiger partial charge on any atom is 0.225 e. The van der Waals surface area contributed by atoms with E-state index in [1.54, 1.807) is 0 Å². The minimum atomic E-state index is 0.785. The molecule has 0 bridgehead atoms. The van der Waals surface area contributed by atoms with Gasteiger partial charge in [0.05, 0.1) is 17.9 Å². The van der Waals surface area contributed by atoms with Gasteiger partial charge >= 0.3 is 0 Å². The summed E-state index contributed by atoms with van der Waals surface area (Å²) in [4.78, 5) is 11.5. The molecule has 0 N–H and O–H groups in total. The predicted molar refractivity (Wildman–Crippen MR) is 133 cm³/mol. The van der Waals surface area contributed by atoms with Crippen LogP contribution in [0, 0.1) is 0 Å². The first-order chi connectivity index (χ1) is 16.7. The summed E-state index contributed by atoms with van der Waals surface area (Å²) in [7, 11) is 1.93. The highest BCUT2D eigenvalue weighted by molar-refractivity contribution is 5.80. The predicted octanol–water partition coefficient (Wildman–Crippen LogP) is 4.41. The Labute approximate surface area is 198 Å². The third-order valence-corrected chi connectivity index (χ3v) is 6.34. The molecule has 0 atom stereocenters. The zero-order valence-corrected chi connectivity index (χ0v) is 19.0. The van der Waals surface area contributed by atoms with Crippen LogP contribution in [-0.4, -0.2) is 42.5 Å². The summed E-state index contributed by atoms with van der Waals surface area (Å²) in [5.41, 5.74) is 8.22. The molecule has 0 saturated carbocycles. The van der Waals surface area contributed by atoms with E-state index >= 15 is 0 Å². The second kappa shape index (κ2) is 8.59. The van der Waals surface area contributed by atoms with E-state index in [1.165, 1.54) is 16.7 Å². The SMILES string of the molecule is Cn1cc(-c2ccc3c(C4=CCN(c5ncc(Cc6ccccc6)cn5)CC4)cnn3c2)cn1. The van der Waals surface area contributed by atoms with Crippen LogP contribution in [0.15, 0.2) is 85.7 Å². The molecule has 1 aromatic carbocycles. The Morgan fingerprint density at radius 3 is 2.41 bits per heavy atom. The topological polar surface area (TPSA) is 64.1 Å². The number of aryl methyl sites for hydroxylation is 1. The van der Waals surface area contributed by atoms with Crippen molar-refractivity contribution in [3.8, 4) is 11.1 Å². The molecule has 34 heavy (non-hydrogen) atoms. The number of pyridine rings is 1. The van der Waals surface area contributed by atoms with E-state index in [0.29, 0.717) is 0 Å². The minimum absolute atomic E-state index is 0.785. The van der Waals surface area contributed by atoms with Crippen molar-refractivity contribution in [1.82, 2.24) is 29.4 Å². The Morgan fingerprint density at radius 1 is 0.824 bits per heavy atom. The van der Waals surface area contributed by atoms with Gasteiger partial charge in [-0.2, -0.15) is 10.2 Å². The van der Waals surface area contributed by atoms with Crippen molar-refractivity contribution in [2.45, 2.75) is 12.8 Å². The van der Waals surface area contributed by atoms with Gasteiger partial charge in [-0.3, -0.25) is 4.68 Å². The lowest BCUT2D eigenvalue weighted by Gasteiger charge is -2.26. The molecule has 7 heteroatoms. The van der Waals surface area contributed by atoms with Gasteiger partial charge in [0.2, 0.25) is 5.95 Å². The summed E-state index contributed by atoms with van der Waals surface area (Å²) >= 11 is 0. The van der Waals surface area contributed by atoms with Gasteiger partial charge in [0.15, 0.2) is 0 Å². The van der Waals surface area contributed by atoms with Crippen LogP contribution >= 0.6 is 0 Å². The molecular formula is C27H25N7. The molecule has 5 aromatic rings. The third kappa shape index (κ3) is 3.96. The van der Waals surface area contributed by atoms with Crippen LogP contribution in [-0.2, 0) is 13.5 Å². The lowest BCUT2D eigenvalue weighted by molar-refractivity contribution is 0.768. The van der Waals surface area contributed by atoms with Crippen molar-refractivity contribution < 1.29 is 0 Å². The number of anilines is 1. The van der Waals surface area contributed by atoms with Crippen LogP contribution in [0.5, 0.6) is 0 Å². The molecule has 168 valence electrons. The Hall–Kier alpha value is -4.26. The van der Waals surface area contributed by atoms with Crippen molar-refractivity contribution in [3.63, 3.8) is 0 Å². The highest BCUT2D eigenvalue weighted by Crippen LogP contribution is 2.29. The molecule has 0 aliphatic carbocycles. The average Bonchev–Trinajstić information content (AvgIpc) is 3.51. The van der Waals surface area contributed by atoms with E-state index in [9.17, 15) is 0 Å². The number of hydrogen-bond acceptors (Lipinski definition) is 5. The fourth-order valence-electron chi connectivity index (χ4n) is 4.50. The molecular weight excluding hydrogens is 422 g/mol. The van der Waals surface area contributed by atoms with Gasteiger partial charge in [-0.05, 0) is 29.2 Å². The van der Waals surface area contributed by atoms with Gasteiger partial charge in [-0.15, -0.1) is 0 Å². The molecule has 5 heterocycles. The molecule has 4 aromatic heterocycles. The zero-order chi connectivity index (χ0) is 22.9. The van der Waals surface area contributed by atoms with Gasteiger partial charge < -0.3 is 4.90 Å². The molecule has 0 saturated heterocycles. The Morgan fingerprint density at radius 2 is 1.68 bits per heavy atom. The van der Waals surface area contributed by atoms with Crippen LogP contribution in [0.4, 0.5) is 5.95 Å². The van der Waals surface area contributed by atoms with Gasteiger partial charge in [0.1, 0.15) is 0 Å². The van der Waals surface area contributed by atoms with Crippen LogP contribution < -0.4 is 4.90 Å². The first-order valence-corrected chi connectivity index (χ1v) is 11.5. The van der Waals surface area contributed by atoms with Crippen molar-refractivity contribution in [2.24, 2.45) is 7.05 Å². The van der Waals surface area contributed by atoms with E-state index < -0.39 is 0 Å². The van der Waals surface area contributed by atoms with E-state index in [2.05, 4.69) is 73.7 Å². The van der Waals surface area contributed by atoms with Crippen molar-refractivity contribution in [2.75, 3.05) is 18.0 Å². The number of aromatic nitrogens is 6. The lowest BCUT2D eigenvalue weighted by Crippen LogP contribution is -2.29. The van der Waals surface area contributed by atoms with Crippen molar-refractivity contribution in [1.29, 1.82) is 0 Å². The number of rotatable bonds is 5. The van der Waals surface area contributed by atoms with Crippen molar-refractivity contribution >= 4 is 17.0 Å². The lowest BCUT2D eigenvalue weighted by atomic mass is 10.0. The minimum Gasteiger partial charge on any atom is -0.337 e. The molecule has 0 radical (unpaired) electrons. The van der Waals surface area contributed by atoms with Gasteiger partial charge in [0, 0.05) is 68.0 Å². The van der Waals surface area contributed by atoms with Gasteiger partial charge in [-0.25, -0.2) is 14.5 Å². The fourth-order valence-corrected chi connectivity index (χ4v) is 4.50. The van der Waals surface area contributed by atoms with Crippen LogP contribution in [0.3, 0.4) is 0 Å². The molecule has 1 aliphatic rings. The largest absolute Gasteiger partial charge is 0.337 e. The normalized spacial score (nSPS) is 13.9. The zero-order valence-electron chi connectivity index (χ0n) is 19.0. The second-order valence-corrected chi connectivity index (χ2v) is 8.69. The summed E-state index contributed by atoms with van der Waals surface area (Å²) in [5, 5.41) is 8.89. The Bertz CT molecular complexity index is 1460. The summed E-state index contributed by atoms with van der Waals surface area (Å²) in [6.07, 6.45) is 15.9. The number of benzene rings is 1. The van der Waals surface area contributed by atoms with Gasteiger partial charge in [0.25, 0.3) is 0 Å². The Kier molecular flexibility index (Phi) is 5.14. The van der Waals surface area contributed by atoms with Crippen molar-refractivity contribution in [3.05, 3.63) is 102 Å².